The molecule has 2 aromatic rings. The maximum Gasteiger partial charge on any atom is 0.229 e. The van der Waals surface area contributed by atoms with Gasteiger partial charge in [0.2, 0.25) is 5.91 Å². The van der Waals surface area contributed by atoms with Crippen LogP contribution in [-0.2, 0) is 22.6 Å². The Morgan fingerprint density at radius 2 is 1.90 bits per heavy atom. The van der Waals surface area contributed by atoms with Gasteiger partial charge in [0.25, 0.3) is 0 Å². The van der Waals surface area contributed by atoms with Gasteiger partial charge in [-0.1, -0.05) is 24.3 Å². The topological polar surface area (TPSA) is 42.0 Å². The van der Waals surface area contributed by atoms with E-state index in [-0.39, 0.29) is 23.7 Å². The smallest absolute Gasteiger partial charge is 0.229 e. The molecule has 2 aliphatic rings. The summed E-state index contributed by atoms with van der Waals surface area (Å²) in [7, 11) is 1.64. The molecule has 5 nitrogen and oxygen atoms in total. The molecule has 0 bridgehead atoms. The second-order valence-electron chi connectivity index (χ2n) is 7.78. The van der Waals surface area contributed by atoms with Crippen molar-refractivity contribution in [3.8, 4) is 5.75 Å². The van der Waals surface area contributed by atoms with E-state index in [1.165, 1.54) is 6.07 Å². The fourth-order valence-corrected chi connectivity index (χ4v) is 4.28. The molecule has 2 unspecified atom stereocenters. The number of halogens is 1. The Hall–Kier alpha value is -2.44. The number of benzene rings is 2. The summed E-state index contributed by atoms with van der Waals surface area (Å²) in [5, 5.41) is 0. The van der Waals surface area contributed by atoms with Gasteiger partial charge in [0.1, 0.15) is 11.6 Å². The van der Waals surface area contributed by atoms with E-state index in [9.17, 15) is 9.18 Å². The van der Waals surface area contributed by atoms with Gasteiger partial charge in [-0.15, -0.1) is 0 Å². The molecule has 2 aliphatic heterocycles. The number of hydrogen-bond donors (Lipinski definition) is 0. The van der Waals surface area contributed by atoms with Crippen LogP contribution in [0.2, 0.25) is 0 Å². The highest BCUT2D eigenvalue weighted by atomic mass is 19.1. The molecule has 2 heterocycles. The first kappa shape index (κ1) is 19.9. The van der Waals surface area contributed by atoms with Crippen LogP contribution in [0.1, 0.15) is 17.5 Å². The molecule has 2 atom stereocenters. The second-order valence-corrected chi connectivity index (χ2v) is 7.78. The van der Waals surface area contributed by atoms with Crippen molar-refractivity contribution in [2.45, 2.75) is 25.6 Å². The van der Waals surface area contributed by atoms with Crippen molar-refractivity contribution in [3.05, 3.63) is 65.5 Å². The van der Waals surface area contributed by atoms with Crippen LogP contribution in [-0.4, -0.2) is 55.2 Å². The van der Waals surface area contributed by atoms with Crippen molar-refractivity contribution in [2.24, 2.45) is 5.92 Å². The molecule has 4 rings (SSSR count). The molecule has 2 aromatic carbocycles. The Morgan fingerprint density at radius 1 is 1.10 bits per heavy atom. The minimum Gasteiger partial charge on any atom is -0.497 e. The van der Waals surface area contributed by atoms with Gasteiger partial charge in [-0.25, -0.2) is 4.39 Å². The van der Waals surface area contributed by atoms with E-state index in [1.54, 1.807) is 19.2 Å². The molecular formula is C23H27FN2O3. The average molecular weight is 398 g/mol. The molecule has 0 saturated carbocycles. The molecular weight excluding hydrogens is 371 g/mol. The largest absolute Gasteiger partial charge is 0.497 e. The third kappa shape index (κ3) is 4.77. The van der Waals surface area contributed by atoms with Gasteiger partial charge in [-0.05, 0) is 41.8 Å². The molecule has 29 heavy (non-hydrogen) atoms. The predicted octanol–water partition coefficient (Wildman–Crippen LogP) is 3.08. The first-order valence-electron chi connectivity index (χ1n) is 10.1. The number of amides is 1. The van der Waals surface area contributed by atoms with Gasteiger partial charge in [0.05, 0.1) is 25.7 Å². The number of carbonyl (C=O) groups excluding carboxylic acids is 1. The Morgan fingerprint density at radius 3 is 2.69 bits per heavy atom. The van der Waals surface area contributed by atoms with E-state index in [1.807, 2.05) is 35.2 Å². The van der Waals surface area contributed by atoms with E-state index in [4.69, 9.17) is 9.47 Å². The van der Waals surface area contributed by atoms with Crippen molar-refractivity contribution in [3.63, 3.8) is 0 Å². The first-order valence-corrected chi connectivity index (χ1v) is 10.1. The molecule has 154 valence electrons. The normalized spacial score (nSPS) is 22.8. The second kappa shape index (κ2) is 8.93. The van der Waals surface area contributed by atoms with E-state index in [0.717, 1.165) is 29.8 Å². The highest BCUT2D eigenvalue weighted by molar-refractivity contribution is 5.80. The summed E-state index contributed by atoms with van der Waals surface area (Å²) in [6.45, 7) is 3.82. The Kier molecular flexibility index (Phi) is 6.11. The van der Waals surface area contributed by atoms with E-state index >= 15 is 0 Å². The third-order valence-electron chi connectivity index (χ3n) is 5.76. The van der Waals surface area contributed by atoms with E-state index < -0.39 is 0 Å². The number of likely N-dealkylation sites (tertiary alicyclic amines) is 1. The molecule has 2 saturated heterocycles. The van der Waals surface area contributed by atoms with Crippen LogP contribution in [0, 0.1) is 11.7 Å². The Labute approximate surface area is 171 Å². The molecule has 0 aliphatic carbocycles. The predicted molar refractivity (Wildman–Crippen MR) is 108 cm³/mol. The maximum atomic E-state index is 13.5. The molecule has 0 aromatic heterocycles. The fourth-order valence-electron chi connectivity index (χ4n) is 4.28. The SMILES string of the molecule is COc1cccc(CN2CCOC3CCN(Cc4cccc(F)c4)CC3C2=O)c1. The van der Waals surface area contributed by atoms with Gasteiger partial charge in [-0.3, -0.25) is 9.69 Å². The zero-order chi connectivity index (χ0) is 20.2. The maximum absolute atomic E-state index is 13.5. The minimum absolute atomic E-state index is 0.0402. The van der Waals surface area contributed by atoms with Crippen LogP contribution < -0.4 is 4.74 Å². The molecule has 0 spiro atoms. The number of carbonyl (C=O) groups is 1. The summed E-state index contributed by atoms with van der Waals surface area (Å²) in [6.07, 6.45) is 0.778. The third-order valence-corrected chi connectivity index (χ3v) is 5.76. The van der Waals surface area contributed by atoms with Crippen LogP contribution in [0.5, 0.6) is 5.75 Å². The van der Waals surface area contributed by atoms with Gasteiger partial charge in [0, 0.05) is 32.7 Å². The summed E-state index contributed by atoms with van der Waals surface area (Å²) in [5.41, 5.74) is 1.97. The lowest BCUT2D eigenvalue weighted by Gasteiger charge is -2.37. The number of fused-ring (bicyclic) bond motifs is 1. The fraction of sp³-hybridized carbons (Fsp3) is 0.435. The number of methoxy groups -OCH3 is 1. The molecule has 0 radical (unpaired) electrons. The van der Waals surface area contributed by atoms with E-state index in [2.05, 4.69) is 4.90 Å². The number of rotatable bonds is 5. The monoisotopic (exact) mass is 398 g/mol. The van der Waals surface area contributed by atoms with Gasteiger partial charge in [0.15, 0.2) is 0 Å². The molecule has 0 N–H and O–H groups in total. The number of hydrogen-bond acceptors (Lipinski definition) is 4. The number of ether oxygens (including phenoxy) is 2. The molecule has 1 amide bonds. The summed E-state index contributed by atoms with van der Waals surface area (Å²) >= 11 is 0. The summed E-state index contributed by atoms with van der Waals surface area (Å²) in [5.74, 6) is 0.512. The number of piperidine rings is 1. The highest BCUT2D eigenvalue weighted by Gasteiger charge is 2.39. The lowest BCUT2D eigenvalue weighted by molar-refractivity contribution is -0.140. The zero-order valence-electron chi connectivity index (χ0n) is 16.7. The van der Waals surface area contributed by atoms with Crippen LogP contribution in [0.3, 0.4) is 0 Å². The summed E-state index contributed by atoms with van der Waals surface area (Å²) in [4.78, 5) is 17.4. The van der Waals surface area contributed by atoms with Crippen molar-refractivity contribution in [1.29, 1.82) is 0 Å². The lowest BCUT2D eigenvalue weighted by Crippen LogP contribution is -2.49. The van der Waals surface area contributed by atoms with Crippen LogP contribution >= 0.6 is 0 Å². The lowest BCUT2D eigenvalue weighted by atomic mass is 9.92. The van der Waals surface area contributed by atoms with Crippen LogP contribution in [0.15, 0.2) is 48.5 Å². The van der Waals surface area contributed by atoms with Crippen molar-refractivity contribution in [2.75, 3.05) is 33.4 Å². The zero-order valence-corrected chi connectivity index (χ0v) is 16.7. The standard InChI is InChI=1S/C23H27FN2O3/c1-28-20-7-3-5-18(13-20)15-26-10-11-29-22-8-9-25(16-21(22)23(26)27)14-17-4-2-6-19(24)12-17/h2-7,12-13,21-22H,8-11,14-16H2,1H3. The Balaban J connectivity index is 1.45. The Bertz CT molecular complexity index is 860. The molecule has 2 fully saturated rings. The van der Waals surface area contributed by atoms with Gasteiger partial charge in [-0.2, -0.15) is 0 Å². The van der Waals surface area contributed by atoms with Crippen LogP contribution in [0.4, 0.5) is 4.39 Å². The van der Waals surface area contributed by atoms with E-state index in [0.29, 0.717) is 32.8 Å². The first-order chi connectivity index (χ1) is 14.1. The van der Waals surface area contributed by atoms with Crippen molar-refractivity contribution >= 4 is 5.91 Å². The van der Waals surface area contributed by atoms with Crippen LogP contribution in [0.25, 0.3) is 0 Å². The van der Waals surface area contributed by atoms with Crippen molar-refractivity contribution < 1.29 is 18.7 Å². The summed E-state index contributed by atoms with van der Waals surface area (Å²) < 4.78 is 24.8. The van der Waals surface area contributed by atoms with Crippen molar-refractivity contribution in [1.82, 2.24) is 9.80 Å². The highest BCUT2D eigenvalue weighted by Crippen LogP contribution is 2.27. The minimum atomic E-state index is -0.226. The quantitative estimate of drug-likeness (QED) is 0.776. The average Bonchev–Trinajstić information content (AvgIpc) is 2.87. The van der Waals surface area contributed by atoms with Gasteiger partial charge < -0.3 is 14.4 Å². The van der Waals surface area contributed by atoms with Gasteiger partial charge >= 0.3 is 0 Å². The summed E-state index contributed by atoms with van der Waals surface area (Å²) in [6, 6.07) is 14.5. The molecule has 6 heteroatoms. The number of nitrogens with zero attached hydrogens (tertiary/aromatic N) is 2.